The summed E-state index contributed by atoms with van der Waals surface area (Å²) in [5.41, 5.74) is 0.940. The zero-order valence-corrected chi connectivity index (χ0v) is 15.0. The van der Waals surface area contributed by atoms with Crippen LogP contribution in [-0.4, -0.2) is 51.0 Å². The van der Waals surface area contributed by atoms with E-state index in [2.05, 4.69) is 10.2 Å². The number of nitrogens with zero attached hydrogens (tertiary/aromatic N) is 4. The highest BCUT2D eigenvalue weighted by atomic mass is 32.2. The molecule has 0 N–H and O–H groups in total. The molecule has 0 bridgehead atoms. The third-order valence-corrected chi connectivity index (χ3v) is 5.33. The van der Waals surface area contributed by atoms with Crippen molar-refractivity contribution in [1.82, 2.24) is 19.7 Å². The number of ether oxygens (including phenoxy) is 1. The number of methoxy groups -OCH3 is 1. The number of hydrogen-bond acceptors (Lipinski definition) is 5. The quantitative estimate of drug-likeness (QED) is 0.779. The van der Waals surface area contributed by atoms with Crippen LogP contribution < -0.4 is 4.74 Å². The molecule has 24 heavy (non-hydrogen) atoms. The summed E-state index contributed by atoms with van der Waals surface area (Å²) >= 11 is 1.46. The van der Waals surface area contributed by atoms with Gasteiger partial charge in [0.05, 0.1) is 12.4 Å². The fraction of sp³-hybridized carbons (Fsp3) is 0.471. The van der Waals surface area contributed by atoms with Crippen LogP contribution in [0.15, 0.2) is 29.4 Å². The van der Waals surface area contributed by atoms with E-state index < -0.39 is 0 Å². The minimum atomic E-state index is -0.163. The van der Waals surface area contributed by atoms with E-state index in [4.69, 9.17) is 4.74 Å². The van der Waals surface area contributed by atoms with Crippen molar-refractivity contribution in [2.75, 3.05) is 20.2 Å². The van der Waals surface area contributed by atoms with Crippen LogP contribution in [0.25, 0.3) is 11.4 Å². The summed E-state index contributed by atoms with van der Waals surface area (Å²) in [6, 6.07) is 7.72. The van der Waals surface area contributed by atoms with Crippen LogP contribution in [0.5, 0.6) is 5.75 Å². The number of hydrogen-bond donors (Lipinski definition) is 0. The van der Waals surface area contributed by atoms with E-state index in [1.54, 1.807) is 7.11 Å². The van der Waals surface area contributed by atoms with Gasteiger partial charge in [-0.2, -0.15) is 0 Å². The van der Waals surface area contributed by atoms with Crippen LogP contribution >= 0.6 is 11.8 Å². The van der Waals surface area contributed by atoms with Crippen molar-refractivity contribution >= 4 is 17.7 Å². The third-order valence-electron chi connectivity index (χ3n) is 4.21. The Morgan fingerprint density at radius 2 is 2.04 bits per heavy atom. The van der Waals surface area contributed by atoms with Crippen LogP contribution in [0.4, 0.5) is 0 Å². The Bertz CT molecular complexity index is 725. The van der Waals surface area contributed by atoms with Crippen LogP contribution in [0.3, 0.4) is 0 Å². The summed E-state index contributed by atoms with van der Waals surface area (Å²) in [6.45, 7) is 3.68. The van der Waals surface area contributed by atoms with Crippen molar-refractivity contribution in [2.24, 2.45) is 7.05 Å². The second-order valence-electron chi connectivity index (χ2n) is 5.89. The molecular weight excluding hydrogens is 324 g/mol. The smallest absolute Gasteiger partial charge is 0.235 e. The van der Waals surface area contributed by atoms with E-state index in [-0.39, 0.29) is 11.2 Å². The van der Waals surface area contributed by atoms with E-state index in [0.29, 0.717) is 0 Å². The molecule has 0 aliphatic carbocycles. The Morgan fingerprint density at radius 3 is 2.75 bits per heavy atom. The van der Waals surface area contributed by atoms with E-state index in [1.807, 2.05) is 47.7 Å². The first kappa shape index (κ1) is 16.8. The lowest BCUT2D eigenvalue weighted by atomic mass is 10.2. The van der Waals surface area contributed by atoms with Crippen LogP contribution in [0.2, 0.25) is 0 Å². The molecule has 2 aromatic rings. The van der Waals surface area contributed by atoms with Gasteiger partial charge in [-0.1, -0.05) is 23.9 Å². The number of benzene rings is 1. The number of carbonyl (C=O) groups is 1. The molecule has 1 saturated heterocycles. The molecule has 1 amide bonds. The molecule has 1 aromatic heterocycles. The van der Waals surface area contributed by atoms with Crippen molar-refractivity contribution in [3.63, 3.8) is 0 Å². The molecule has 3 rings (SSSR count). The first-order valence-electron chi connectivity index (χ1n) is 8.09. The molecule has 1 unspecified atom stereocenters. The summed E-state index contributed by atoms with van der Waals surface area (Å²) in [5.74, 6) is 1.72. The molecule has 7 heteroatoms. The SMILES string of the molecule is COc1cccc(-c2nnc(SC(C)C(=O)N3CCCC3)n2C)c1. The van der Waals surface area contributed by atoms with Gasteiger partial charge < -0.3 is 14.2 Å². The van der Waals surface area contributed by atoms with Gasteiger partial charge in [0.25, 0.3) is 0 Å². The van der Waals surface area contributed by atoms with Gasteiger partial charge in [0, 0.05) is 25.7 Å². The van der Waals surface area contributed by atoms with E-state index >= 15 is 0 Å². The molecule has 2 heterocycles. The molecule has 0 radical (unpaired) electrons. The highest BCUT2D eigenvalue weighted by Crippen LogP contribution is 2.28. The molecule has 1 aliphatic rings. The molecule has 1 aromatic carbocycles. The maximum absolute atomic E-state index is 12.5. The van der Waals surface area contributed by atoms with Crippen molar-refractivity contribution < 1.29 is 9.53 Å². The lowest BCUT2D eigenvalue weighted by Crippen LogP contribution is -2.34. The fourth-order valence-electron chi connectivity index (χ4n) is 2.83. The van der Waals surface area contributed by atoms with Crippen LogP contribution in [0.1, 0.15) is 19.8 Å². The standard InChI is InChI=1S/C17H22N4O2S/c1-12(16(22)21-9-4-5-10-21)24-17-19-18-15(20(17)2)13-7-6-8-14(11-13)23-3/h6-8,11-12H,4-5,9-10H2,1-3H3. The Kier molecular flexibility index (Phi) is 5.08. The molecule has 0 saturated carbocycles. The Hall–Kier alpha value is -2.02. The summed E-state index contributed by atoms with van der Waals surface area (Å²) in [6.07, 6.45) is 2.21. The Morgan fingerprint density at radius 1 is 1.29 bits per heavy atom. The molecule has 128 valence electrons. The molecule has 0 spiro atoms. The third kappa shape index (κ3) is 3.40. The molecule has 1 fully saturated rings. The van der Waals surface area contributed by atoms with Crippen molar-refractivity contribution in [2.45, 2.75) is 30.2 Å². The van der Waals surface area contributed by atoms with Gasteiger partial charge in [-0.05, 0) is 31.9 Å². The van der Waals surface area contributed by atoms with Crippen molar-refractivity contribution in [3.05, 3.63) is 24.3 Å². The monoisotopic (exact) mass is 346 g/mol. The summed E-state index contributed by atoms with van der Waals surface area (Å²) in [7, 11) is 3.56. The maximum Gasteiger partial charge on any atom is 0.235 e. The van der Waals surface area contributed by atoms with Gasteiger partial charge in [-0.25, -0.2) is 0 Å². The Balaban J connectivity index is 1.75. The van der Waals surface area contributed by atoms with Gasteiger partial charge in [0.15, 0.2) is 11.0 Å². The van der Waals surface area contributed by atoms with Crippen LogP contribution in [-0.2, 0) is 11.8 Å². The van der Waals surface area contributed by atoms with E-state index in [9.17, 15) is 4.79 Å². The second kappa shape index (κ2) is 7.25. The van der Waals surface area contributed by atoms with Gasteiger partial charge >= 0.3 is 0 Å². The number of rotatable bonds is 5. The molecule has 1 aliphatic heterocycles. The van der Waals surface area contributed by atoms with Gasteiger partial charge in [0.1, 0.15) is 5.75 Å². The molecule has 1 atom stereocenters. The number of amides is 1. The zero-order chi connectivity index (χ0) is 17.1. The minimum Gasteiger partial charge on any atom is -0.497 e. The van der Waals surface area contributed by atoms with Crippen molar-refractivity contribution in [1.29, 1.82) is 0 Å². The van der Waals surface area contributed by atoms with Gasteiger partial charge in [-0.15, -0.1) is 10.2 Å². The van der Waals surface area contributed by atoms with E-state index in [1.165, 1.54) is 11.8 Å². The van der Waals surface area contributed by atoms with Gasteiger partial charge in [-0.3, -0.25) is 4.79 Å². The number of likely N-dealkylation sites (tertiary alicyclic amines) is 1. The summed E-state index contributed by atoms with van der Waals surface area (Å²) in [4.78, 5) is 14.4. The molecule has 6 nitrogen and oxygen atoms in total. The normalized spacial score (nSPS) is 15.5. The summed E-state index contributed by atoms with van der Waals surface area (Å²) < 4.78 is 7.19. The lowest BCUT2D eigenvalue weighted by Gasteiger charge is -2.19. The first-order valence-corrected chi connectivity index (χ1v) is 8.97. The largest absolute Gasteiger partial charge is 0.497 e. The van der Waals surface area contributed by atoms with Crippen LogP contribution in [0, 0.1) is 0 Å². The minimum absolute atomic E-state index is 0.163. The first-order chi connectivity index (χ1) is 11.6. The zero-order valence-electron chi connectivity index (χ0n) is 14.2. The number of carbonyl (C=O) groups excluding carboxylic acids is 1. The van der Waals surface area contributed by atoms with Crippen molar-refractivity contribution in [3.8, 4) is 17.1 Å². The molecular formula is C17H22N4O2S. The second-order valence-corrected chi connectivity index (χ2v) is 7.20. The number of aromatic nitrogens is 3. The average Bonchev–Trinajstić information content (AvgIpc) is 3.25. The summed E-state index contributed by atoms with van der Waals surface area (Å²) in [5, 5.41) is 9.12. The lowest BCUT2D eigenvalue weighted by molar-refractivity contribution is -0.129. The Labute approximate surface area is 146 Å². The predicted octanol–water partition coefficient (Wildman–Crippen LogP) is 2.59. The van der Waals surface area contributed by atoms with E-state index in [0.717, 1.165) is 48.2 Å². The number of thioether (sulfide) groups is 1. The maximum atomic E-state index is 12.5. The topological polar surface area (TPSA) is 60.3 Å². The average molecular weight is 346 g/mol. The predicted molar refractivity (Wildman–Crippen MR) is 94.1 cm³/mol. The highest BCUT2D eigenvalue weighted by molar-refractivity contribution is 8.00. The highest BCUT2D eigenvalue weighted by Gasteiger charge is 2.25. The fourth-order valence-corrected chi connectivity index (χ4v) is 3.73. The van der Waals surface area contributed by atoms with Gasteiger partial charge in [0.2, 0.25) is 5.91 Å².